The van der Waals surface area contributed by atoms with Gasteiger partial charge in [-0.15, -0.1) is 0 Å². The van der Waals surface area contributed by atoms with E-state index in [1.807, 2.05) is 13.8 Å². The predicted octanol–water partition coefficient (Wildman–Crippen LogP) is 6.99. The Morgan fingerprint density at radius 1 is 0.643 bits per heavy atom. The normalized spacial score (nSPS) is 12.0. The molecular formula is C24H46O4. The molecule has 166 valence electrons. The second kappa shape index (κ2) is 20.7. The van der Waals surface area contributed by atoms with Gasteiger partial charge in [-0.1, -0.05) is 85.0 Å². The molecule has 4 nitrogen and oxygen atoms in total. The first-order valence-corrected chi connectivity index (χ1v) is 12.0. The lowest BCUT2D eigenvalue weighted by molar-refractivity contribution is -0.149. The van der Waals surface area contributed by atoms with Gasteiger partial charge in [0.1, 0.15) is 0 Å². The van der Waals surface area contributed by atoms with Crippen LogP contribution in [0.4, 0.5) is 0 Å². The molecule has 0 saturated carbocycles. The fourth-order valence-corrected chi connectivity index (χ4v) is 3.35. The van der Waals surface area contributed by atoms with Crippen molar-refractivity contribution in [2.24, 2.45) is 5.92 Å². The van der Waals surface area contributed by atoms with Gasteiger partial charge in [0.15, 0.2) is 0 Å². The highest BCUT2D eigenvalue weighted by Crippen LogP contribution is 2.17. The van der Waals surface area contributed by atoms with E-state index in [9.17, 15) is 9.59 Å². The number of unbranched alkanes of at least 4 members (excludes halogenated alkanes) is 10. The largest absolute Gasteiger partial charge is 0.466 e. The van der Waals surface area contributed by atoms with Crippen LogP contribution in [0.2, 0.25) is 0 Å². The topological polar surface area (TPSA) is 52.6 Å². The summed E-state index contributed by atoms with van der Waals surface area (Å²) < 4.78 is 10.3. The number of hydrogen-bond donors (Lipinski definition) is 0. The molecule has 0 fully saturated rings. The molecule has 0 amide bonds. The van der Waals surface area contributed by atoms with Crippen LogP contribution < -0.4 is 0 Å². The molecule has 0 spiro atoms. The molecule has 0 aromatic rings. The molecule has 0 aromatic carbocycles. The third-order valence-corrected chi connectivity index (χ3v) is 5.18. The van der Waals surface area contributed by atoms with Gasteiger partial charge in [-0.25, -0.2) is 0 Å². The number of esters is 2. The fourth-order valence-electron chi connectivity index (χ4n) is 3.35. The van der Waals surface area contributed by atoms with Crippen molar-refractivity contribution in [3.63, 3.8) is 0 Å². The van der Waals surface area contributed by atoms with Crippen LogP contribution in [0, 0.1) is 5.92 Å². The van der Waals surface area contributed by atoms with E-state index in [0.29, 0.717) is 19.6 Å². The fraction of sp³-hybridized carbons (Fsp3) is 0.917. The Kier molecular flexibility index (Phi) is 19.9. The van der Waals surface area contributed by atoms with Gasteiger partial charge >= 0.3 is 11.9 Å². The second-order valence-electron chi connectivity index (χ2n) is 7.92. The standard InChI is InChI=1S/C24H46O4/c1-4-20-27-23(25)19-17-15-13-11-9-7-8-10-12-14-16-18-22(6-3)24(26)28-21-5-2/h22H,4-21H2,1-3H3. The van der Waals surface area contributed by atoms with E-state index in [1.54, 1.807) is 0 Å². The summed E-state index contributed by atoms with van der Waals surface area (Å²) in [4.78, 5) is 23.3. The minimum Gasteiger partial charge on any atom is -0.466 e. The molecule has 0 aliphatic carbocycles. The summed E-state index contributed by atoms with van der Waals surface area (Å²) in [7, 11) is 0. The van der Waals surface area contributed by atoms with Crippen LogP contribution in [-0.2, 0) is 19.1 Å². The summed E-state index contributed by atoms with van der Waals surface area (Å²) in [5.41, 5.74) is 0. The monoisotopic (exact) mass is 398 g/mol. The number of carbonyl (C=O) groups excluding carboxylic acids is 2. The number of ether oxygens (including phenoxy) is 2. The van der Waals surface area contributed by atoms with Crippen molar-refractivity contribution in [3.05, 3.63) is 0 Å². The van der Waals surface area contributed by atoms with E-state index >= 15 is 0 Å². The first-order chi connectivity index (χ1) is 13.7. The molecule has 0 aliphatic rings. The molecule has 0 aliphatic heterocycles. The summed E-state index contributed by atoms with van der Waals surface area (Å²) in [6, 6.07) is 0. The minimum absolute atomic E-state index is 0.00204. The van der Waals surface area contributed by atoms with Crippen molar-refractivity contribution in [2.45, 2.75) is 124 Å². The van der Waals surface area contributed by atoms with Crippen LogP contribution >= 0.6 is 0 Å². The Morgan fingerprint density at radius 3 is 1.61 bits per heavy atom. The van der Waals surface area contributed by atoms with E-state index in [0.717, 1.165) is 44.9 Å². The Bertz CT molecular complexity index is 368. The summed E-state index contributed by atoms with van der Waals surface area (Å²) >= 11 is 0. The maximum absolute atomic E-state index is 11.9. The van der Waals surface area contributed by atoms with E-state index in [-0.39, 0.29) is 17.9 Å². The van der Waals surface area contributed by atoms with Crippen molar-refractivity contribution < 1.29 is 19.1 Å². The second-order valence-corrected chi connectivity index (χ2v) is 7.92. The van der Waals surface area contributed by atoms with Crippen LogP contribution in [0.25, 0.3) is 0 Å². The maximum Gasteiger partial charge on any atom is 0.308 e. The third-order valence-electron chi connectivity index (χ3n) is 5.18. The maximum atomic E-state index is 11.9. The summed E-state index contributed by atoms with van der Waals surface area (Å²) in [6.45, 7) is 7.24. The highest BCUT2D eigenvalue weighted by molar-refractivity contribution is 5.72. The van der Waals surface area contributed by atoms with Crippen LogP contribution in [0.3, 0.4) is 0 Å². The highest BCUT2D eigenvalue weighted by atomic mass is 16.5. The molecule has 1 unspecified atom stereocenters. The third kappa shape index (κ3) is 17.1. The molecule has 0 radical (unpaired) electrons. The zero-order valence-electron chi connectivity index (χ0n) is 18.9. The molecule has 0 aromatic heterocycles. The average Bonchev–Trinajstić information content (AvgIpc) is 2.70. The van der Waals surface area contributed by atoms with Crippen LogP contribution in [0.5, 0.6) is 0 Å². The van der Waals surface area contributed by atoms with E-state index in [2.05, 4.69) is 6.92 Å². The predicted molar refractivity (Wildman–Crippen MR) is 116 cm³/mol. The van der Waals surface area contributed by atoms with Crippen molar-refractivity contribution in [1.82, 2.24) is 0 Å². The van der Waals surface area contributed by atoms with Crippen LogP contribution in [0.1, 0.15) is 124 Å². The molecule has 0 bridgehead atoms. The van der Waals surface area contributed by atoms with Gasteiger partial charge in [-0.05, 0) is 32.1 Å². The lowest BCUT2D eigenvalue weighted by Gasteiger charge is -2.13. The van der Waals surface area contributed by atoms with Crippen molar-refractivity contribution >= 4 is 11.9 Å². The van der Waals surface area contributed by atoms with E-state index in [1.165, 1.54) is 51.4 Å². The molecule has 0 N–H and O–H groups in total. The summed E-state index contributed by atoms with van der Waals surface area (Å²) in [6.07, 6.45) is 17.8. The zero-order valence-corrected chi connectivity index (χ0v) is 18.9. The molecule has 4 heteroatoms. The van der Waals surface area contributed by atoms with Gasteiger partial charge < -0.3 is 9.47 Å². The summed E-state index contributed by atoms with van der Waals surface area (Å²) in [5.74, 6) is 0.0622. The van der Waals surface area contributed by atoms with Crippen LogP contribution in [0.15, 0.2) is 0 Å². The molecule has 0 rings (SSSR count). The average molecular weight is 399 g/mol. The van der Waals surface area contributed by atoms with E-state index in [4.69, 9.17) is 9.47 Å². The molecule has 0 saturated heterocycles. The van der Waals surface area contributed by atoms with Gasteiger partial charge in [0.05, 0.1) is 19.1 Å². The molecule has 28 heavy (non-hydrogen) atoms. The van der Waals surface area contributed by atoms with Crippen LogP contribution in [-0.4, -0.2) is 25.2 Å². The summed E-state index contributed by atoms with van der Waals surface area (Å²) in [5, 5.41) is 0. The Balaban J connectivity index is 3.35. The number of carbonyl (C=O) groups is 2. The first-order valence-electron chi connectivity index (χ1n) is 12.0. The molecule has 1 atom stereocenters. The zero-order chi connectivity index (χ0) is 20.9. The lowest BCUT2D eigenvalue weighted by Crippen LogP contribution is -2.17. The Labute approximate surface area is 174 Å². The SMILES string of the molecule is CCCOC(=O)CCCCCCCCCCCCCC(CC)C(=O)OCCC. The van der Waals surface area contributed by atoms with Crippen molar-refractivity contribution in [3.8, 4) is 0 Å². The highest BCUT2D eigenvalue weighted by Gasteiger charge is 2.16. The molecular weight excluding hydrogens is 352 g/mol. The Morgan fingerprint density at radius 2 is 1.11 bits per heavy atom. The molecule has 0 heterocycles. The van der Waals surface area contributed by atoms with Gasteiger partial charge in [0.2, 0.25) is 0 Å². The Hall–Kier alpha value is -1.06. The quantitative estimate of drug-likeness (QED) is 0.164. The minimum atomic E-state index is -0.0371. The number of hydrogen-bond acceptors (Lipinski definition) is 4. The smallest absolute Gasteiger partial charge is 0.308 e. The van der Waals surface area contributed by atoms with Gasteiger partial charge in [0, 0.05) is 6.42 Å². The first kappa shape index (κ1) is 26.9. The van der Waals surface area contributed by atoms with Crippen molar-refractivity contribution in [1.29, 1.82) is 0 Å². The van der Waals surface area contributed by atoms with E-state index < -0.39 is 0 Å². The van der Waals surface area contributed by atoms with Crippen molar-refractivity contribution in [2.75, 3.05) is 13.2 Å². The van der Waals surface area contributed by atoms with Gasteiger partial charge in [-0.2, -0.15) is 0 Å². The van der Waals surface area contributed by atoms with Gasteiger partial charge in [0.25, 0.3) is 0 Å². The van der Waals surface area contributed by atoms with Gasteiger partial charge in [-0.3, -0.25) is 9.59 Å². The number of rotatable bonds is 20. The lowest BCUT2D eigenvalue weighted by atomic mass is 9.97.